The monoisotopic (exact) mass is 375 g/mol. The minimum Gasteiger partial charge on any atom is -0.380 e. The first-order chi connectivity index (χ1) is 13.6. The van der Waals surface area contributed by atoms with Crippen molar-refractivity contribution in [2.24, 2.45) is 0 Å². The van der Waals surface area contributed by atoms with Gasteiger partial charge in [-0.3, -0.25) is 14.4 Å². The van der Waals surface area contributed by atoms with E-state index in [4.69, 9.17) is 4.74 Å². The zero-order chi connectivity index (χ0) is 19.7. The number of carbonyl (C=O) groups is 2. The van der Waals surface area contributed by atoms with Crippen LogP contribution in [-0.4, -0.2) is 28.8 Å². The van der Waals surface area contributed by atoms with Gasteiger partial charge in [0.25, 0.3) is 11.7 Å². The number of methoxy groups -OCH3 is 1. The van der Waals surface area contributed by atoms with Gasteiger partial charge in [0.1, 0.15) is 0 Å². The van der Waals surface area contributed by atoms with E-state index in [2.05, 4.69) is 15.3 Å². The Labute approximate surface area is 159 Å². The number of hydrogen-bond donors (Lipinski definition) is 3. The predicted octanol–water partition coefficient (Wildman–Crippen LogP) is 2.98. The lowest BCUT2D eigenvalue weighted by molar-refractivity contribution is -0.112. The molecule has 0 aliphatic rings. The van der Waals surface area contributed by atoms with Crippen molar-refractivity contribution in [3.63, 3.8) is 0 Å². The quantitative estimate of drug-likeness (QED) is 0.368. The summed E-state index contributed by atoms with van der Waals surface area (Å²) in [6, 6.07) is 13.8. The third-order valence-electron chi connectivity index (χ3n) is 4.53. The number of Topliss-reactive ketones (excluding diaryl/α,β-unsaturated/α-hetero) is 1. The molecular formula is C21H17N3O4. The summed E-state index contributed by atoms with van der Waals surface area (Å²) in [5.74, 6) is -1.39. The van der Waals surface area contributed by atoms with E-state index in [-0.39, 0.29) is 5.56 Å². The van der Waals surface area contributed by atoms with Crippen molar-refractivity contribution in [1.29, 1.82) is 0 Å². The number of aromatic amines is 2. The van der Waals surface area contributed by atoms with Crippen LogP contribution in [0, 0.1) is 0 Å². The summed E-state index contributed by atoms with van der Waals surface area (Å²) in [4.78, 5) is 42.6. The molecule has 0 spiro atoms. The van der Waals surface area contributed by atoms with Gasteiger partial charge < -0.3 is 20.0 Å². The van der Waals surface area contributed by atoms with Crippen LogP contribution in [0.5, 0.6) is 0 Å². The number of ether oxygens (including phenoxy) is 1. The molecule has 4 rings (SSSR count). The maximum atomic E-state index is 12.6. The molecule has 2 aromatic carbocycles. The van der Waals surface area contributed by atoms with Gasteiger partial charge >= 0.3 is 0 Å². The molecule has 0 bridgehead atoms. The number of H-pyrrole nitrogens is 2. The molecule has 2 heterocycles. The molecule has 0 radical (unpaired) electrons. The zero-order valence-corrected chi connectivity index (χ0v) is 15.0. The lowest BCUT2D eigenvalue weighted by Gasteiger charge is -2.08. The van der Waals surface area contributed by atoms with E-state index in [1.165, 1.54) is 12.3 Å². The Morgan fingerprint density at radius 2 is 1.86 bits per heavy atom. The van der Waals surface area contributed by atoms with E-state index in [1.807, 2.05) is 18.2 Å². The molecule has 140 valence electrons. The van der Waals surface area contributed by atoms with Crippen LogP contribution in [-0.2, 0) is 16.1 Å². The van der Waals surface area contributed by atoms with Crippen LogP contribution in [0.3, 0.4) is 0 Å². The maximum absolute atomic E-state index is 12.6. The topological polar surface area (TPSA) is 104 Å². The molecule has 28 heavy (non-hydrogen) atoms. The van der Waals surface area contributed by atoms with Crippen LogP contribution in [0.2, 0.25) is 0 Å². The smallest absolute Gasteiger partial charge is 0.296 e. The van der Waals surface area contributed by atoms with Gasteiger partial charge in [-0.25, -0.2) is 0 Å². The summed E-state index contributed by atoms with van der Waals surface area (Å²) in [6.07, 6.45) is 1.53. The Balaban J connectivity index is 1.63. The summed E-state index contributed by atoms with van der Waals surface area (Å²) in [5, 5.41) is 4.10. The van der Waals surface area contributed by atoms with Gasteiger partial charge in [0.15, 0.2) is 0 Å². The Kier molecular flexibility index (Phi) is 4.50. The van der Waals surface area contributed by atoms with Crippen molar-refractivity contribution in [2.45, 2.75) is 6.61 Å². The summed E-state index contributed by atoms with van der Waals surface area (Å²) < 4.78 is 5.12. The molecule has 0 atom stereocenters. The van der Waals surface area contributed by atoms with Gasteiger partial charge in [-0.2, -0.15) is 0 Å². The van der Waals surface area contributed by atoms with Crippen LogP contribution < -0.4 is 10.9 Å². The minimum absolute atomic E-state index is 0.266. The number of hydrogen-bond acceptors (Lipinski definition) is 4. The number of para-hydroxylation sites is 1. The van der Waals surface area contributed by atoms with Crippen molar-refractivity contribution in [2.75, 3.05) is 12.4 Å². The van der Waals surface area contributed by atoms with Gasteiger partial charge in [-0.05, 0) is 23.8 Å². The van der Waals surface area contributed by atoms with Gasteiger partial charge in [-0.1, -0.05) is 24.3 Å². The second-order valence-electron chi connectivity index (χ2n) is 6.38. The second kappa shape index (κ2) is 7.13. The Hall–Kier alpha value is -3.71. The molecule has 1 amide bonds. The third-order valence-corrected chi connectivity index (χ3v) is 4.53. The van der Waals surface area contributed by atoms with E-state index in [1.54, 1.807) is 31.4 Å². The highest BCUT2D eigenvalue weighted by Crippen LogP contribution is 2.22. The van der Waals surface area contributed by atoms with E-state index in [9.17, 15) is 14.4 Å². The van der Waals surface area contributed by atoms with Crippen molar-refractivity contribution < 1.29 is 14.3 Å². The van der Waals surface area contributed by atoms with Crippen molar-refractivity contribution in [1.82, 2.24) is 9.97 Å². The van der Waals surface area contributed by atoms with E-state index in [0.717, 1.165) is 16.5 Å². The number of rotatable bonds is 5. The van der Waals surface area contributed by atoms with Crippen LogP contribution in [0.25, 0.3) is 21.8 Å². The fourth-order valence-electron chi connectivity index (χ4n) is 3.25. The fourth-order valence-corrected chi connectivity index (χ4v) is 3.25. The average molecular weight is 375 g/mol. The average Bonchev–Trinajstić information content (AvgIpc) is 3.11. The highest BCUT2D eigenvalue weighted by Gasteiger charge is 2.20. The minimum atomic E-state index is -0.750. The summed E-state index contributed by atoms with van der Waals surface area (Å²) in [6.45, 7) is 0.297. The first-order valence-electron chi connectivity index (χ1n) is 8.63. The van der Waals surface area contributed by atoms with Crippen LogP contribution in [0.4, 0.5) is 5.69 Å². The lowest BCUT2D eigenvalue weighted by atomic mass is 10.1. The second-order valence-corrected chi connectivity index (χ2v) is 6.38. The van der Waals surface area contributed by atoms with Crippen molar-refractivity contribution in [3.8, 4) is 0 Å². The Morgan fingerprint density at radius 3 is 2.68 bits per heavy atom. The predicted molar refractivity (Wildman–Crippen MR) is 107 cm³/mol. The molecule has 4 aromatic rings. The van der Waals surface area contributed by atoms with Crippen LogP contribution in [0.1, 0.15) is 15.9 Å². The maximum Gasteiger partial charge on any atom is 0.296 e. The van der Waals surface area contributed by atoms with E-state index in [0.29, 0.717) is 28.8 Å². The van der Waals surface area contributed by atoms with E-state index < -0.39 is 11.7 Å². The van der Waals surface area contributed by atoms with E-state index >= 15 is 0 Å². The van der Waals surface area contributed by atoms with Crippen LogP contribution >= 0.6 is 0 Å². The summed E-state index contributed by atoms with van der Waals surface area (Å²) in [5.41, 5.74) is 2.54. The van der Waals surface area contributed by atoms with Crippen LogP contribution in [0.15, 0.2) is 59.5 Å². The lowest BCUT2D eigenvalue weighted by Crippen LogP contribution is -2.22. The van der Waals surface area contributed by atoms with Gasteiger partial charge in [0.05, 0.1) is 17.7 Å². The van der Waals surface area contributed by atoms with Gasteiger partial charge in [0.2, 0.25) is 5.56 Å². The largest absolute Gasteiger partial charge is 0.380 e. The number of nitrogens with one attached hydrogen (secondary N) is 3. The van der Waals surface area contributed by atoms with Crippen molar-refractivity contribution >= 4 is 39.2 Å². The molecule has 7 heteroatoms. The SMILES string of the molecule is COCc1cc(=O)[nH]c2cc(NC(=O)C(=O)c3c[nH]c4ccccc34)ccc12. The molecule has 0 unspecified atom stereocenters. The molecule has 0 saturated heterocycles. The fraction of sp³-hybridized carbons (Fsp3) is 0.0952. The molecule has 0 aliphatic carbocycles. The number of benzene rings is 2. The molecule has 2 aromatic heterocycles. The molecule has 0 fully saturated rings. The number of carbonyl (C=O) groups excluding carboxylic acids is 2. The van der Waals surface area contributed by atoms with Crippen molar-refractivity contribution in [3.05, 3.63) is 76.2 Å². The van der Waals surface area contributed by atoms with Gasteiger partial charge in [0, 0.05) is 41.3 Å². The first-order valence-corrected chi connectivity index (χ1v) is 8.63. The summed E-state index contributed by atoms with van der Waals surface area (Å²) >= 11 is 0. The number of pyridine rings is 1. The molecule has 7 nitrogen and oxygen atoms in total. The Morgan fingerprint density at radius 1 is 1.04 bits per heavy atom. The molecule has 3 N–H and O–H groups in total. The van der Waals surface area contributed by atoms with Gasteiger partial charge in [-0.15, -0.1) is 0 Å². The molecule has 0 saturated carbocycles. The highest BCUT2D eigenvalue weighted by molar-refractivity contribution is 6.48. The molecular weight excluding hydrogens is 358 g/mol. The third kappa shape index (κ3) is 3.19. The number of amides is 1. The standard InChI is InChI=1S/C21H17N3O4/c1-28-11-12-8-19(25)24-18-9-13(6-7-14(12)18)23-21(27)20(26)16-10-22-17-5-3-2-4-15(16)17/h2-10,22H,11H2,1H3,(H,23,27)(H,24,25). The summed E-state index contributed by atoms with van der Waals surface area (Å²) in [7, 11) is 1.55. The Bertz CT molecular complexity index is 1270. The zero-order valence-electron chi connectivity index (χ0n) is 15.0. The number of ketones is 1. The number of fused-ring (bicyclic) bond motifs is 2. The normalized spacial score (nSPS) is 11.0. The number of anilines is 1. The molecule has 0 aliphatic heterocycles. The first kappa shape index (κ1) is 17.7. The highest BCUT2D eigenvalue weighted by atomic mass is 16.5. The number of aromatic nitrogens is 2.